The van der Waals surface area contributed by atoms with Crippen molar-refractivity contribution in [1.82, 2.24) is 4.98 Å². The Hall–Kier alpha value is -2.46. The third-order valence-electron chi connectivity index (χ3n) is 5.54. The number of anilines is 2. The summed E-state index contributed by atoms with van der Waals surface area (Å²) in [6.45, 7) is 5.17. The Bertz CT molecular complexity index is 1000. The summed E-state index contributed by atoms with van der Waals surface area (Å²) < 4.78 is 13.1. The number of nitrogens with zero attached hydrogens (tertiary/aromatic N) is 2. The Labute approximate surface area is 169 Å². The van der Waals surface area contributed by atoms with Crippen LogP contribution in [0.25, 0.3) is 0 Å². The van der Waals surface area contributed by atoms with Crippen LogP contribution in [0.15, 0.2) is 70.7 Å². The van der Waals surface area contributed by atoms with Crippen molar-refractivity contribution >= 4 is 22.2 Å². The van der Waals surface area contributed by atoms with Crippen LogP contribution in [-0.4, -0.2) is 15.7 Å². The Kier molecular flexibility index (Phi) is 5.58. The van der Waals surface area contributed by atoms with Crippen molar-refractivity contribution in [3.8, 4) is 0 Å². The lowest BCUT2D eigenvalue weighted by Gasteiger charge is -2.34. The van der Waals surface area contributed by atoms with E-state index in [4.69, 9.17) is 0 Å². The minimum atomic E-state index is -1.22. The van der Waals surface area contributed by atoms with E-state index in [2.05, 4.69) is 66.2 Å². The van der Waals surface area contributed by atoms with Crippen LogP contribution in [0, 0.1) is 13.8 Å². The van der Waals surface area contributed by atoms with E-state index >= 15 is 0 Å². The van der Waals surface area contributed by atoms with Crippen molar-refractivity contribution in [2.45, 2.75) is 49.5 Å². The molecule has 0 N–H and O–H groups in total. The van der Waals surface area contributed by atoms with E-state index in [0.29, 0.717) is 5.03 Å². The molecule has 1 unspecified atom stereocenters. The molecular weight excluding hydrogens is 364 g/mol. The first kappa shape index (κ1) is 18.9. The van der Waals surface area contributed by atoms with Gasteiger partial charge in [0.05, 0.1) is 16.3 Å². The monoisotopic (exact) mass is 390 g/mol. The predicted octanol–water partition coefficient (Wildman–Crippen LogP) is 5.73. The van der Waals surface area contributed by atoms with Gasteiger partial charge in [0, 0.05) is 12.7 Å². The SMILES string of the molecule is Cc1ccc2c(c1C)N(CCCCCc1ccccc1)c1cccnc1S2=O. The van der Waals surface area contributed by atoms with Crippen LogP contribution in [0.2, 0.25) is 0 Å². The largest absolute Gasteiger partial charge is 0.338 e. The number of hydrogen-bond donors (Lipinski definition) is 0. The summed E-state index contributed by atoms with van der Waals surface area (Å²) in [6.07, 6.45) is 6.31. The van der Waals surface area contributed by atoms with Crippen molar-refractivity contribution in [2.24, 2.45) is 0 Å². The fourth-order valence-corrected chi connectivity index (χ4v) is 5.23. The van der Waals surface area contributed by atoms with Crippen LogP contribution in [0.4, 0.5) is 11.4 Å². The maximum absolute atomic E-state index is 13.1. The van der Waals surface area contributed by atoms with E-state index in [9.17, 15) is 4.21 Å². The Morgan fingerprint density at radius 2 is 1.75 bits per heavy atom. The zero-order chi connectivity index (χ0) is 19.5. The zero-order valence-corrected chi connectivity index (χ0v) is 17.3. The first-order valence-electron chi connectivity index (χ1n) is 9.95. The van der Waals surface area contributed by atoms with Gasteiger partial charge in [0.25, 0.3) is 0 Å². The third kappa shape index (κ3) is 3.61. The fourth-order valence-electron chi connectivity index (χ4n) is 3.87. The summed E-state index contributed by atoms with van der Waals surface area (Å²) >= 11 is 0. The molecule has 1 aromatic heterocycles. The second-order valence-corrected chi connectivity index (χ2v) is 8.76. The molecule has 0 amide bonds. The maximum atomic E-state index is 13.1. The normalized spacial score (nSPS) is 15.2. The minimum absolute atomic E-state index is 0.683. The molecule has 2 aromatic carbocycles. The van der Waals surface area contributed by atoms with E-state index in [-0.39, 0.29) is 0 Å². The molecule has 0 radical (unpaired) electrons. The van der Waals surface area contributed by atoms with Crippen molar-refractivity contribution < 1.29 is 4.21 Å². The first-order chi connectivity index (χ1) is 13.7. The molecule has 1 atom stereocenters. The highest BCUT2D eigenvalue weighted by molar-refractivity contribution is 7.85. The lowest BCUT2D eigenvalue weighted by Crippen LogP contribution is -2.27. The molecule has 0 saturated carbocycles. The quantitative estimate of drug-likeness (QED) is 0.504. The lowest BCUT2D eigenvalue weighted by molar-refractivity contribution is 0.664. The number of aromatic nitrogens is 1. The highest BCUT2D eigenvalue weighted by Crippen LogP contribution is 2.43. The average molecular weight is 391 g/mol. The van der Waals surface area contributed by atoms with Crippen LogP contribution in [0.5, 0.6) is 0 Å². The van der Waals surface area contributed by atoms with Gasteiger partial charge >= 0.3 is 0 Å². The highest BCUT2D eigenvalue weighted by Gasteiger charge is 2.30. The standard InChI is InChI=1S/C24H26N2OS/c1-18-14-15-22-23(19(18)2)26(21-13-9-16-25-24(21)28(22)27)17-8-4-7-12-20-10-5-3-6-11-20/h3,5-6,9-11,13-16H,4,7-8,12,17H2,1-2H3. The van der Waals surface area contributed by atoms with Gasteiger partial charge in [-0.1, -0.05) is 42.8 Å². The van der Waals surface area contributed by atoms with Gasteiger partial charge < -0.3 is 4.90 Å². The lowest BCUT2D eigenvalue weighted by atomic mass is 10.0. The molecule has 0 aliphatic carbocycles. The molecular formula is C24H26N2OS. The van der Waals surface area contributed by atoms with Crippen molar-refractivity contribution in [2.75, 3.05) is 11.4 Å². The zero-order valence-electron chi connectivity index (χ0n) is 16.5. The number of pyridine rings is 1. The fraction of sp³-hybridized carbons (Fsp3) is 0.292. The molecule has 4 rings (SSSR count). The van der Waals surface area contributed by atoms with E-state index in [1.807, 2.05) is 12.1 Å². The average Bonchev–Trinajstić information content (AvgIpc) is 2.73. The number of aryl methyl sites for hydroxylation is 2. The number of benzene rings is 2. The Morgan fingerprint density at radius 3 is 2.57 bits per heavy atom. The molecule has 28 heavy (non-hydrogen) atoms. The topological polar surface area (TPSA) is 33.2 Å². The van der Waals surface area contributed by atoms with Gasteiger partial charge in [-0.25, -0.2) is 9.19 Å². The van der Waals surface area contributed by atoms with E-state index in [0.717, 1.165) is 35.7 Å². The summed E-state index contributed by atoms with van der Waals surface area (Å²) in [6, 6.07) is 18.7. The van der Waals surface area contributed by atoms with Crippen LogP contribution in [-0.2, 0) is 17.2 Å². The number of fused-ring (bicyclic) bond motifs is 2. The molecule has 0 spiro atoms. The van der Waals surface area contributed by atoms with E-state index < -0.39 is 10.8 Å². The van der Waals surface area contributed by atoms with Crippen LogP contribution >= 0.6 is 0 Å². The number of hydrogen-bond acceptors (Lipinski definition) is 3. The summed E-state index contributed by atoms with van der Waals surface area (Å²) in [5.74, 6) is 0. The molecule has 3 aromatic rings. The van der Waals surface area contributed by atoms with E-state index in [1.165, 1.54) is 29.5 Å². The predicted molar refractivity (Wildman–Crippen MR) is 116 cm³/mol. The Morgan fingerprint density at radius 1 is 0.929 bits per heavy atom. The van der Waals surface area contributed by atoms with Gasteiger partial charge in [0.1, 0.15) is 10.8 Å². The van der Waals surface area contributed by atoms with Crippen LogP contribution < -0.4 is 4.90 Å². The van der Waals surface area contributed by atoms with Gasteiger partial charge in [0.2, 0.25) is 0 Å². The molecule has 2 heterocycles. The molecule has 0 fully saturated rings. The van der Waals surface area contributed by atoms with Crippen LogP contribution in [0.1, 0.15) is 36.0 Å². The van der Waals surface area contributed by atoms with E-state index in [1.54, 1.807) is 6.20 Å². The van der Waals surface area contributed by atoms with Gasteiger partial charge in [-0.05, 0) is 68.0 Å². The van der Waals surface area contributed by atoms with Crippen molar-refractivity contribution in [3.05, 3.63) is 77.5 Å². The second kappa shape index (κ2) is 8.27. The van der Waals surface area contributed by atoms with Gasteiger partial charge in [0.15, 0.2) is 5.03 Å². The number of unbranched alkanes of at least 4 members (excludes halogenated alkanes) is 2. The smallest absolute Gasteiger partial charge is 0.155 e. The maximum Gasteiger partial charge on any atom is 0.155 e. The summed E-state index contributed by atoms with van der Waals surface area (Å²) in [7, 11) is -1.22. The molecule has 1 aliphatic rings. The van der Waals surface area contributed by atoms with Gasteiger partial charge in [-0.15, -0.1) is 0 Å². The van der Waals surface area contributed by atoms with Crippen molar-refractivity contribution in [1.29, 1.82) is 0 Å². The molecule has 0 saturated heterocycles. The summed E-state index contributed by atoms with van der Waals surface area (Å²) in [5.41, 5.74) is 5.95. The summed E-state index contributed by atoms with van der Waals surface area (Å²) in [4.78, 5) is 7.67. The minimum Gasteiger partial charge on any atom is -0.338 e. The van der Waals surface area contributed by atoms with Gasteiger partial charge in [-0.2, -0.15) is 0 Å². The first-order valence-corrected chi connectivity index (χ1v) is 11.1. The molecule has 1 aliphatic heterocycles. The summed E-state index contributed by atoms with van der Waals surface area (Å²) in [5, 5.41) is 0.683. The Balaban J connectivity index is 1.53. The molecule has 0 bridgehead atoms. The number of rotatable bonds is 6. The highest BCUT2D eigenvalue weighted by atomic mass is 32.2. The molecule has 4 heteroatoms. The third-order valence-corrected chi connectivity index (χ3v) is 6.94. The van der Waals surface area contributed by atoms with Crippen LogP contribution in [0.3, 0.4) is 0 Å². The van der Waals surface area contributed by atoms with Crippen molar-refractivity contribution in [3.63, 3.8) is 0 Å². The molecule has 3 nitrogen and oxygen atoms in total. The second-order valence-electron chi connectivity index (χ2n) is 7.40. The van der Waals surface area contributed by atoms with Gasteiger partial charge in [-0.3, -0.25) is 0 Å². The molecule has 144 valence electrons.